The van der Waals surface area contributed by atoms with Gasteiger partial charge >= 0.3 is 0 Å². The summed E-state index contributed by atoms with van der Waals surface area (Å²) in [5, 5.41) is 7.56. The van der Waals surface area contributed by atoms with Crippen molar-refractivity contribution < 1.29 is 12.8 Å². The van der Waals surface area contributed by atoms with Gasteiger partial charge in [-0.3, -0.25) is 4.99 Å². The molecule has 0 saturated heterocycles. The molecule has 0 aliphatic rings. The van der Waals surface area contributed by atoms with Gasteiger partial charge in [0, 0.05) is 18.5 Å². The number of nitrogens with zero attached hydrogens (tertiary/aromatic N) is 1. The molecule has 2 N–H and O–H groups in total. The lowest BCUT2D eigenvalue weighted by molar-refractivity contribution is 0.484. The topological polar surface area (TPSA) is 83.7 Å². The van der Waals surface area contributed by atoms with Crippen LogP contribution in [0.1, 0.15) is 32.1 Å². The number of guanidine groups is 1. The zero-order valence-corrected chi connectivity index (χ0v) is 17.7. The zero-order valence-electron chi connectivity index (χ0n) is 16.9. The quantitative estimate of drug-likeness (QED) is 0.453. The van der Waals surface area contributed by atoms with Crippen LogP contribution in [0.4, 0.5) is 0 Å². The smallest absolute Gasteiger partial charge is 0.191 e. The summed E-state index contributed by atoms with van der Waals surface area (Å²) in [6, 6.07) is 18.0. The van der Waals surface area contributed by atoms with Crippen molar-refractivity contribution in [2.24, 2.45) is 4.99 Å². The van der Waals surface area contributed by atoms with Gasteiger partial charge in [-0.15, -0.1) is 0 Å². The van der Waals surface area contributed by atoms with Gasteiger partial charge in [0.1, 0.15) is 11.3 Å². The zero-order chi connectivity index (χ0) is 20.9. The van der Waals surface area contributed by atoms with E-state index in [4.69, 9.17) is 4.42 Å². The summed E-state index contributed by atoms with van der Waals surface area (Å²) in [7, 11) is -1.72. The molecule has 7 heteroatoms. The molecule has 0 radical (unpaired) electrons. The summed E-state index contributed by atoms with van der Waals surface area (Å²) in [5.74, 6) is 1.32. The molecule has 0 bridgehead atoms. The van der Waals surface area contributed by atoms with Crippen LogP contribution in [-0.2, 0) is 9.84 Å². The maximum Gasteiger partial charge on any atom is 0.191 e. The maximum atomic E-state index is 12.7. The second kappa shape index (κ2) is 9.13. The maximum absolute atomic E-state index is 12.7. The van der Waals surface area contributed by atoms with Gasteiger partial charge in [0.15, 0.2) is 15.8 Å². The summed E-state index contributed by atoms with van der Waals surface area (Å²) in [6.07, 6.45) is 0.645. The highest BCUT2D eigenvalue weighted by Gasteiger charge is 2.22. The molecule has 1 aromatic heterocycles. The van der Waals surface area contributed by atoms with E-state index in [0.717, 1.165) is 16.7 Å². The molecule has 3 rings (SSSR count). The first kappa shape index (κ1) is 20.9. The predicted octanol–water partition coefficient (Wildman–Crippen LogP) is 3.91. The average Bonchev–Trinajstić information content (AvgIpc) is 3.17. The average molecular weight is 414 g/mol. The van der Waals surface area contributed by atoms with E-state index in [1.54, 1.807) is 37.4 Å². The molecule has 0 fully saturated rings. The highest BCUT2D eigenvalue weighted by molar-refractivity contribution is 7.91. The molecule has 3 aromatic rings. The molecule has 2 atom stereocenters. The fraction of sp³-hybridized carbons (Fsp3) is 0.318. The minimum Gasteiger partial charge on any atom is -0.459 e. The van der Waals surface area contributed by atoms with E-state index in [1.165, 1.54) is 0 Å². The van der Waals surface area contributed by atoms with Gasteiger partial charge in [0.2, 0.25) is 0 Å². The van der Waals surface area contributed by atoms with E-state index < -0.39 is 9.84 Å². The Labute approximate surface area is 172 Å². The third kappa shape index (κ3) is 5.17. The van der Waals surface area contributed by atoms with Crippen LogP contribution in [0, 0.1) is 0 Å². The van der Waals surface area contributed by atoms with E-state index in [2.05, 4.69) is 15.6 Å². The predicted molar refractivity (Wildman–Crippen MR) is 117 cm³/mol. The summed E-state index contributed by atoms with van der Waals surface area (Å²) in [4.78, 5) is 4.59. The van der Waals surface area contributed by atoms with Gasteiger partial charge in [-0.05, 0) is 37.6 Å². The first-order chi connectivity index (χ1) is 13.9. The summed E-state index contributed by atoms with van der Waals surface area (Å²) >= 11 is 0. The Morgan fingerprint density at radius 3 is 2.41 bits per heavy atom. The van der Waals surface area contributed by atoms with Crippen molar-refractivity contribution in [3.8, 4) is 0 Å². The normalized spacial score (nSPS) is 14.5. The fourth-order valence-electron chi connectivity index (χ4n) is 3.11. The number of furan rings is 1. The number of hydrogen-bond acceptors (Lipinski definition) is 4. The molecule has 6 nitrogen and oxygen atoms in total. The number of para-hydroxylation sites is 1. The highest BCUT2D eigenvalue weighted by Crippen LogP contribution is 2.23. The molecule has 0 spiro atoms. The van der Waals surface area contributed by atoms with Crippen LogP contribution in [0.3, 0.4) is 0 Å². The van der Waals surface area contributed by atoms with Crippen LogP contribution >= 0.6 is 0 Å². The molecular weight excluding hydrogens is 386 g/mol. The van der Waals surface area contributed by atoms with E-state index in [-0.39, 0.29) is 17.8 Å². The number of benzene rings is 2. The number of hydrogen-bond donors (Lipinski definition) is 2. The molecule has 0 aliphatic heterocycles. The minimum atomic E-state index is -3.39. The monoisotopic (exact) mass is 413 g/mol. The molecule has 29 heavy (non-hydrogen) atoms. The lowest BCUT2D eigenvalue weighted by Gasteiger charge is -2.22. The SMILES string of the molecule is CCC(CS(=O)(=O)c1ccccc1)NC(=NC)NC(C)c1cc2ccccc2o1. The Balaban J connectivity index is 1.67. The van der Waals surface area contributed by atoms with Crippen molar-refractivity contribution in [3.05, 3.63) is 66.4 Å². The van der Waals surface area contributed by atoms with Crippen molar-refractivity contribution in [2.75, 3.05) is 12.8 Å². The van der Waals surface area contributed by atoms with E-state index >= 15 is 0 Å². The summed E-state index contributed by atoms with van der Waals surface area (Å²) in [6.45, 7) is 3.93. The van der Waals surface area contributed by atoms with E-state index in [0.29, 0.717) is 17.3 Å². The largest absolute Gasteiger partial charge is 0.459 e. The number of sulfone groups is 1. The standard InChI is InChI=1S/C22H27N3O3S/c1-4-18(15-29(26,27)19-11-6-5-7-12-19)25-22(23-3)24-16(2)21-14-17-10-8-9-13-20(17)28-21/h5-14,16,18H,4,15H2,1-3H3,(H2,23,24,25). The second-order valence-electron chi connectivity index (χ2n) is 6.97. The van der Waals surface area contributed by atoms with Gasteiger partial charge in [-0.1, -0.05) is 43.3 Å². The summed E-state index contributed by atoms with van der Waals surface area (Å²) in [5.41, 5.74) is 0.833. The minimum absolute atomic E-state index is 0.00671. The van der Waals surface area contributed by atoms with Crippen molar-refractivity contribution in [1.29, 1.82) is 0 Å². The lowest BCUT2D eigenvalue weighted by atomic mass is 10.2. The van der Waals surface area contributed by atoms with Crippen LogP contribution in [0.5, 0.6) is 0 Å². The molecule has 2 unspecified atom stereocenters. The molecule has 0 aliphatic carbocycles. The van der Waals surface area contributed by atoms with E-state index in [9.17, 15) is 8.42 Å². The van der Waals surface area contributed by atoms with Crippen LogP contribution < -0.4 is 10.6 Å². The molecule has 0 amide bonds. The Morgan fingerprint density at radius 2 is 1.76 bits per heavy atom. The van der Waals surface area contributed by atoms with Gasteiger partial charge < -0.3 is 15.1 Å². The molecule has 154 valence electrons. The van der Waals surface area contributed by atoms with E-state index in [1.807, 2.05) is 44.2 Å². The van der Waals surface area contributed by atoms with Crippen LogP contribution in [-0.4, -0.2) is 33.2 Å². The molecular formula is C22H27N3O3S. The van der Waals surface area contributed by atoms with Gasteiger partial charge in [0.25, 0.3) is 0 Å². The second-order valence-corrected chi connectivity index (χ2v) is 9.00. The third-order valence-electron chi connectivity index (χ3n) is 4.80. The molecule has 1 heterocycles. The summed E-state index contributed by atoms with van der Waals surface area (Å²) < 4.78 is 31.3. The Hall–Kier alpha value is -2.80. The number of rotatable bonds is 7. The Morgan fingerprint density at radius 1 is 1.07 bits per heavy atom. The van der Waals surface area contributed by atoms with Crippen LogP contribution in [0.15, 0.2) is 75.0 Å². The van der Waals surface area contributed by atoms with Crippen LogP contribution in [0.2, 0.25) is 0 Å². The number of aliphatic imine (C=N–C) groups is 1. The van der Waals surface area contributed by atoms with Gasteiger partial charge in [-0.2, -0.15) is 0 Å². The lowest BCUT2D eigenvalue weighted by Crippen LogP contribution is -2.46. The van der Waals surface area contributed by atoms with Crippen molar-refractivity contribution >= 4 is 26.8 Å². The molecule has 0 saturated carbocycles. The molecule has 2 aromatic carbocycles. The first-order valence-electron chi connectivity index (χ1n) is 9.69. The number of fused-ring (bicyclic) bond motifs is 1. The van der Waals surface area contributed by atoms with Crippen LogP contribution in [0.25, 0.3) is 11.0 Å². The Bertz CT molecular complexity index is 1040. The third-order valence-corrected chi connectivity index (χ3v) is 6.64. The van der Waals surface area contributed by atoms with Gasteiger partial charge in [-0.25, -0.2) is 8.42 Å². The van der Waals surface area contributed by atoms with Gasteiger partial charge in [0.05, 0.1) is 16.7 Å². The number of nitrogens with one attached hydrogen (secondary N) is 2. The highest BCUT2D eigenvalue weighted by atomic mass is 32.2. The van der Waals surface area contributed by atoms with Crippen molar-refractivity contribution in [3.63, 3.8) is 0 Å². The fourth-order valence-corrected chi connectivity index (χ4v) is 4.72. The van der Waals surface area contributed by atoms with Crippen molar-refractivity contribution in [2.45, 2.75) is 37.2 Å². The van der Waals surface area contributed by atoms with Crippen molar-refractivity contribution in [1.82, 2.24) is 10.6 Å². The Kier molecular flexibility index (Phi) is 6.59. The first-order valence-corrected chi connectivity index (χ1v) is 11.3.